The van der Waals surface area contributed by atoms with Crippen LogP contribution in [0.25, 0.3) is 0 Å². The van der Waals surface area contributed by atoms with E-state index in [4.69, 9.17) is 0 Å². The minimum absolute atomic E-state index is 1.16. The predicted octanol–water partition coefficient (Wildman–Crippen LogP) is 3.80. The zero-order valence-corrected chi connectivity index (χ0v) is 9.72. The molecule has 0 aromatic carbocycles. The van der Waals surface area contributed by atoms with Crippen LogP contribution in [0.4, 0.5) is 0 Å². The van der Waals surface area contributed by atoms with E-state index in [0.717, 1.165) is 0 Å². The van der Waals surface area contributed by atoms with E-state index >= 15 is 0 Å². The van der Waals surface area contributed by atoms with Crippen molar-refractivity contribution in [3.63, 3.8) is 0 Å². The molecule has 0 fully saturated rings. The standard InChI is InChI=1S/3C2H5.HI.Ti/c3*1-2;;/h3*1H2,2H3;1H;/q;;;;+1/p-1. The Morgan fingerprint density at radius 1 is 1.00 bits per heavy atom. The van der Waals surface area contributed by atoms with Crippen LogP contribution in [0, 0.1) is 0 Å². The van der Waals surface area contributed by atoms with E-state index in [-0.39, 0.29) is 0 Å². The van der Waals surface area contributed by atoms with Gasteiger partial charge in [-0.15, -0.1) is 0 Å². The number of hydrogen-bond acceptors (Lipinski definition) is 0. The first-order chi connectivity index (χ1) is 3.68. The van der Waals surface area contributed by atoms with E-state index in [1.54, 1.807) is 0 Å². The van der Waals surface area contributed by atoms with E-state index in [0.29, 0.717) is 0 Å². The van der Waals surface area contributed by atoms with Gasteiger partial charge >= 0.3 is 67.0 Å². The van der Waals surface area contributed by atoms with Gasteiger partial charge in [0.05, 0.1) is 0 Å². The fourth-order valence-corrected chi connectivity index (χ4v) is 3.09. The molecule has 0 heterocycles. The summed E-state index contributed by atoms with van der Waals surface area (Å²) in [6.45, 7) is 7.04. The average Bonchev–Trinajstić information content (AvgIpc) is 1.87. The van der Waals surface area contributed by atoms with Crippen LogP contribution < -0.4 is 0 Å². The normalized spacial score (nSPS) is 12.0. The Bertz CT molecular complexity index is 51.3. The van der Waals surface area contributed by atoms with E-state index in [9.17, 15) is 0 Å². The Morgan fingerprint density at radius 2 is 1.25 bits per heavy atom. The van der Waals surface area contributed by atoms with E-state index in [1.807, 2.05) is 0 Å². The van der Waals surface area contributed by atoms with Gasteiger partial charge in [0.25, 0.3) is 0 Å². The first-order valence-electron chi connectivity index (χ1n) is 3.37. The molecule has 0 aliphatic carbocycles. The monoisotopic (exact) mass is 262 g/mol. The molecule has 0 rings (SSSR count). The van der Waals surface area contributed by atoms with E-state index in [2.05, 4.69) is 40.0 Å². The predicted molar refractivity (Wildman–Crippen MR) is 45.5 cm³/mol. The second kappa shape index (κ2) is 4.29. The summed E-state index contributed by atoms with van der Waals surface area (Å²) in [6, 6.07) is 0. The maximum atomic E-state index is 2.75. The van der Waals surface area contributed by atoms with Crippen molar-refractivity contribution in [1.82, 2.24) is 0 Å². The molecule has 50 valence electrons. The first-order valence-corrected chi connectivity index (χ1v) is 11.7. The summed E-state index contributed by atoms with van der Waals surface area (Å²) in [4.78, 5) is 0. The quantitative estimate of drug-likeness (QED) is 0.536. The molecule has 2 heteroatoms. The molecule has 0 bridgehead atoms. The van der Waals surface area contributed by atoms with E-state index < -0.39 is 12.8 Å². The molecule has 0 aliphatic rings. The van der Waals surface area contributed by atoms with E-state index in [1.165, 1.54) is 14.2 Å². The topological polar surface area (TPSA) is 0 Å². The Balaban J connectivity index is 3.58. The summed E-state index contributed by atoms with van der Waals surface area (Å²) in [5.41, 5.74) is 0. The van der Waals surface area contributed by atoms with Crippen molar-refractivity contribution in [2.75, 3.05) is 0 Å². The molecule has 0 atom stereocenters. The third kappa shape index (κ3) is 2.83. The van der Waals surface area contributed by atoms with Crippen molar-refractivity contribution in [3.8, 4) is 0 Å². The molecule has 0 aromatic heterocycles. The first kappa shape index (κ1) is 9.44. The van der Waals surface area contributed by atoms with Crippen LogP contribution in [0.1, 0.15) is 20.8 Å². The third-order valence-electron chi connectivity index (χ3n) is 1.90. The molecule has 0 amide bonds. The number of halogens is 1. The average molecular weight is 262 g/mol. The van der Waals surface area contributed by atoms with Crippen molar-refractivity contribution in [2.24, 2.45) is 0 Å². The van der Waals surface area contributed by atoms with Gasteiger partial charge in [-0.3, -0.25) is 0 Å². The fourth-order valence-electron chi connectivity index (χ4n) is 0.750. The van der Waals surface area contributed by atoms with Crippen LogP contribution in [0.3, 0.4) is 0 Å². The maximum absolute atomic E-state index is 2.75. The summed E-state index contributed by atoms with van der Waals surface area (Å²) in [7, 11) is 0. The Hall–Kier alpha value is 1.44. The van der Waals surface area contributed by atoms with Gasteiger partial charge in [-0.2, -0.15) is 0 Å². The van der Waals surface area contributed by atoms with Gasteiger partial charge in [-0.1, -0.05) is 0 Å². The van der Waals surface area contributed by atoms with Gasteiger partial charge in [0.2, 0.25) is 0 Å². The molecule has 0 saturated heterocycles. The van der Waals surface area contributed by atoms with Gasteiger partial charge in [-0.05, 0) is 0 Å². The third-order valence-corrected chi connectivity index (χ3v) is 17.3. The molecule has 8 heavy (non-hydrogen) atoms. The molecule has 0 saturated carbocycles. The van der Waals surface area contributed by atoms with Gasteiger partial charge in [0, 0.05) is 0 Å². The van der Waals surface area contributed by atoms with Gasteiger partial charge in [-0.25, -0.2) is 0 Å². The summed E-state index contributed by atoms with van der Waals surface area (Å²) < 4.78 is 4.48. The van der Waals surface area contributed by atoms with Crippen molar-refractivity contribution in [3.05, 3.63) is 0 Å². The zero-order valence-electron chi connectivity index (χ0n) is 6.00. The Morgan fingerprint density at radius 3 is 1.25 bits per heavy atom. The van der Waals surface area contributed by atoms with Crippen LogP contribution in [-0.2, 0) is 12.8 Å². The Labute approximate surface area is 66.5 Å². The Kier molecular flexibility index (Phi) is 5.06. The number of hydrogen-bond donors (Lipinski definition) is 0. The molecule has 0 spiro atoms. The molecule has 0 radical (unpaired) electrons. The summed E-state index contributed by atoms with van der Waals surface area (Å²) in [5.74, 6) is 0. The van der Waals surface area contributed by atoms with Crippen LogP contribution in [0.5, 0.6) is 0 Å². The second-order valence-corrected chi connectivity index (χ2v) is 18.6. The minimum atomic E-state index is -1.16. The van der Waals surface area contributed by atoms with Crippen molar-refractivity contribution in [1.29, 1.82) is 0 Å². The van der Waals surface area contributed by atoms with Crippen LogP contribution in [0.15, 0.2) is 0 Å². The van der Waals surface area contributed by atoms with Crippen LogP contribution in [0.2, 0.25) is 14.2 Å². The van der Waals surface area contributed by atoms with Gasteiger partial charge < -0.3 is 0 Å². The molecule has 0 nitrogen and oxygen atoms in total. The molecule has 0 aliphatic heterocycles. The van der Waals surface area contributed by atoms with Crippen LogP contribution >= 0.6 is 19.2 Å². The molecule has 0 aromatic rings. The number of rotatable bonds is 3. The second-order valence-electron chi connectivity index (χ2n) is 2.21. The molecule has 0 N–H and O–H groups in total. The molecular weight excluding hydrogens is 247 g/mol. The SMILES string of the molecule is C[CH2][Ti]([I])([CH2]C)[CH2]C. The molecular formula is C6H15ITi. The van der Waals surface area contributed by atoms with Crippen molar-refractivity contribution >= 4 is 19.2 Å². The summed E-state index contributed by atoms with van der Waals surface area (Å²) in [5, 5.41) is 0. The molecule has 0 unspecified atom stereocenters. The van der Waals surface area contributed by atoms with Crippen molar-refractivity contribution < 1.29 is 12.8 Å². The zero-order chi connectivity index (χ0) is 6.62. The summed E-state index contributed by atoms with van der Waals surface area (Å²) in [6.07, 6.45) is 0. The van der Waals surface area contributed by atoms with Gasteiger partial charge in [0.1, 0.15) is 0 Å². The summed E-state index contributed by atoms with van der Waals surface area (Å²) >= 11 is 1.60. The van der Waals surface area contributed by atoms with Crippen LogP contribution in [-0.4, -0.2) is 0 Å². The van der Waals surface area contributed by atoms with Crippen molar-refractivity contribution in [2.45, 2.75) is 34.9 Å². The van der Waals surface area contributed by atoms with Gasteiger partial charge in [0.15, 0.2) is 0 Å². The fraction of sp³-hybridized carbons (Fsp3) is 1.00.